The monoisotopic (exact) mass is 388 g/mol. The van der Waals surface area contributed by atoms with Crippen molar-refractivity contribution in [3.63, 3.8) is 0 Å². The minimum Gasteiger partial charge on any atom is -0.339 e. The second-order valence-electron chi connectivity index (χ2n) is 7.78. The number of rotatable bonds is 5. The Kier molecular flexibility index (Phi) is 5.32. The number of nitrogens with one attached hydrogen (secondary N) is 1. The number of carbonyl (C=O) groups excluding carboxylic acids is 2. The van der Waals surface area contributed by atoms with Crippen molar-refractivity contribution in [2.75, 3.05) is 31.5 Å². The number of hydrogen-bond donors (Lipinski definition) is 1. The van der Waals surface area contributed by atoms with Gasteiger partial charge in [-0.05, 0) is 36.6 Å². The van der Waals surface area contributed by atoms with E-state index < -0.39 is 5.41 Å². The van der Waals surface area contributed by atoms with Gasteiger partial charge in [-0.2, -0.15) is 5.26 Å². The molecular formula is C23H24N4O2. The quantitative estimate of drug-likeness (QED) is 0.799. The van der Waals surface area contributed by atoms with E-state index in [-0.39, 0.29) is 11.8 Å². The fraction of sp³-hybridized carbons (Fsp3) is 0.348. The summed E-state index contributed by atoms with van der Waals surface area (Å²) in [5.41, 5.74) is 1.36. The molecule has 1 saturated carbocycles. The van der Waals surface area contributed by atoms with Gasteiger partial charge in [0.2, 0.25) is 11.8 Å². The van der Waals surface area contributed by atoms with Gasteiger partial charge in [-0.3, -0.25) is 14.5 Å². The highest BCUT2D eigenvalue weighted by atomic mass is 16.2. The van der Waals surface area contributed by atoms with Crippen LogP contribution in [0.4, 0.5) is 5.69 Å². The zero-order valence-electron chi connectivity index (χ0n) is 16.3. The van der Waals surface area contributed by atoms with Gasteiger partial charge in [-0.15, -0.1) is 0 Å². The van der Waals surface area contributed by atoms with E-state index in [4.69, 9.17) is 5.26 Å². The molecule has 148 valence electrons. The van der Waals surface area contributed by atoms with E-state index in [2.05, 4.69) is 28.4 Å². The van der Waals surface area contributed by atoms with Crippen LogP contribution in [-0.4, -0.2) is 47.8 Å². The standard InChI is InChI=1S/C23H24N4O2/c24-16-19-7-4-8-20(15-19)25-21(28)23(9-10-23)22(29)27-13-11-26(12-14-27)17-18-5-2-1-3-6-18/h1-8,15H,9-14,17H2,(H,25,28). The van der Waals surface area contributed by atoms with Crippen LogP contribution in [0.2, 0.25) is 0 Å². The van der Waals surface area contributed by atoms with Gasteiger partial charge in [0, 0.05) is 38.4 Å². The molecule has 2 aromatic carbocycles. The summed E-state index contributed by atoms with van der Waals surface area (Å²) in [6.07, 6.45) is 1.17. The fourth-order valence-corrected chi connectivity index (χ4v) is 3.83. The molecule has 4 rings (SSSR count). The molecule has 2 amide bonds. The van der Waals surface area contributed by atoms with Crippen LogP contribution >= 0.6 is 0 Å². The van der Waals surface area contributed by atoms with E-state index in [1.165, 1.54) is 5.56 Å². The lowest BCUT2D eigenvalue weighted by atomic mass is 10.0. The van der Waals surface area contributed by atoms with Crippen LogP contribution in [0.25, 0.3) is 0 Å². The van der Waals surface area contributed by atoms with Crippen LogP contribution in [0.15, 0.2) is 54.6 Å². The second kappa shape index (κ2) is 8.06. The molecule has 1 saturated heterocycles. The summed E-state index contributed by atoms with van der Waals surface area (Å²) >= 11 is 0. The molecule has 0 aromatic heterocycles. The maximum absolute atomic E-state index is 13.1. The van der Waals surface area contributed by atoms with E-state index in [1.807, 2.05) is 23.1 Å². The highest BCUT2D eigenvalue weighted by Crippen LogP contribution is 2.48. The molecule has 1 aliphatic heterocycles. The minimum absolute atomic E-state index is 0.0641. The highest BCUT2D eigenvalue weighted by molar-refractivity contribution is 6.13. The molecule has 2 aromatic rings. The fourth-order valence-electron chi connectivity index (χ4n) is 3.83. The Morgan fingerprint density at radius 2 is 1.72 bits per heavy atom. The third-order valence-electron chi connectivity index (χ3n) is 5.75. The Morgan fingerprint density at radius 3 is 2.38 bits per heavy atom. The molecule has 0 bridgehead atoms. The first-order valence-electron chi connectivity index (χ1n) is 9.98. The summed E-state index contributed by atoms with van der Waals surface area (Å²) in [5.74, 6) is -0.324. The minimum atomic E-state index is -0.940. The van der Waals surface area contributed by atoms with Gasteiger partial charge in [-0.25, -0.2) is 0 Å². The average molecular weight is 388 g/mol. The van der Waals surface area contributed by atoms with Gasteiger partial charge in [0.05, 0.1) is 11.6 Å². The molecule has 0 atom stereocenters. The van der Waals surface area contributed by atoms with Crippen LogP contribution in [0.5, 0.6) is 0 Å². The Hall–Kier alpha value is -3.17. The molecule has 2 aliphatic rings. The zero-order valence-corrected chi connectivity index (χ0v) is 16.3. The highest BCUT2D eigenvalue weighted by Gasteiger charge is 2.58. The number of carbonyl (C=O) groups is 2. The van der Waals surface area contributed by atoms with Crippen molar-refractivity contribution in [3.8, 4) is 6.07 Å². The third kappa shape index (κ3) is 4.15. The maximum Gasteiger partial charge on any atom is 0.240 e. The van der Waals surface area contributed by atoms with Crippen LogP contribution in [0.3, 0.4) is 0 Å². The zero-order chi connectivity index (χ0) is 20.3. The van der Waals surface area contributed by atoms with Crippen molar-refractivity contribution in [1.82, 2.24) is 9.80 Å². The average Bonchev–Trinajstić information content (AvgIpc) is 3.57. The lowest BCUT2D eigenvalue weighted by Gasteiger charge is -2.36. The van der Waals surface area contributed by atoms with Crippen molar-refractivity contribution in [1.29, 1.82) is 5.26 Å². The lowest BCUT2D eigenvalue weighted by Crippen LogP contribution is -2.52. The first-order valence-corrected chi connectivity index (χ1v) is 9.98. The molecule has 1 aliphatic carbocycles. The molecule has 1 N–H and O–H groups in total. The van der Waals surface area contributed by atoms with E-state index in [9.17, 15) is 9.59 Å². The number of piperazine rings is 1. The molecule has 29 heavy (non-hydrogen) atoms. The van der Waals surface area contributed by atoms with Crippen LogP contribution in [0.1, 0.15) is 24.0 Å². The van der Waals surface area contributed by atoms with E-state index in [0.717, 1.165) is 19.6 Å². The third-order valence-corrected chi connectivity index (χ3v) is 5.75. The maximum atomic E-state index is 13.1. The number of amides is 2. The summed E-state index contributed by atoms with van der Waals surface area (Å²) in [5, 5.41) is 11.8. The first-order chi connectivity index (χ1) is 14.1. The first kappa shape index (κ1) is 19.2. The van der Waals surface area contributed by atoms with Gasteiger partial charge in [0.1, 0.15) is 5.41 Å². The molecule has 2 fully saturated rings. The Bertz CT molecular complexity index is 939. The normalized spacial score (nSPS) is 18.0. The van der Waals surface area contributed by atoms with E-state index in [1.54, 1.807) is 24.3 Å². The SMILES string of the molecule is N#Cc1cccc(NC(=O)C2(C(=O)N3CCN(Cc4ccccc4)CC3)CC2)c1. The predicted octanol–water partition coefficient (Wildman–Crippen LogP) is 2.62. The van der Waals surface area contributed by atoms with Crippen LogP contribution < -0.4 is 5.32 Å². The number of benzene rings is 2. The molecular weight excluding hydrogens is 364 g/mol. The van der Waals surface area contributed by atoms with Crippen molar-refractivity contribution in [3.05, 3.63) is 65.7 Å². The molecule has 1 heterocycles. The van der Waals surface area contributed by atoms with Gasteiger partial charge in [-0.1, -0.05) is 36.4 Å². The summed E-state index contributed by atoms with van der Waals surface area (Å²) in [7, 11) is 0. The summed E-state index contributed by atoms with van der Waals surface area (Å²) < 4.78 is 0. The summed E-state index contributed by atoms with van der Waals surface area (Å²) in [6.45, 7) is 3.78. The molecule has 0 radical (unpaired) electrons. The van der Waals surface area contributed by atoms with Crippen molar-refractivity contribution < 1.29 is 9.59 Å². The molecule has 6 heteroatoms. The van der Waals surface area contributed by atoms with Crippen molar-refractivity contribution in [2.45, 2.75) is 19.4 Å². The van der Waals surface area contributed by atoms with Gasteiger partial charge >= 0.3 is 0 Å². The van der Waals surface area contributed by atoms with Crippen molar-refractivity contribution in [2.24, 2.45) is 5.41 Å². The van der Waals surface area contributed by atoms with E-state index in [0.29, 0.717) is 37.2 Å². The Labute approximate surface area is 170 Å². The summed E-state index contributed by atoms with van der Waals surface area (Å²) in [4.78, 5) is 30.1. The number of nitrogens with zero attached hydrogens (tertiary/aromatic N) is 3. The molecule has 6 nitrogen and oxygen atoms in total. The van der Waals surface area contributed by atoms with E-state index >= 15 is 0 Å². The van der Waals surface area contributed by atoms with Gasteiger partial charge < -0.3 is 10.2 Å². The van der Waals surface area contributed by atoms with Crippen LogP contribution in [0, 0.1) is 16.7 Å². The number of nitriles is 1. The largest absolute Gasteiger partial charge is 0.339 e. The predicted molar refractivity (Wildman–Crippen MR) is 110 cm³/mol. The summed E-state index contributed by atoms with van der Waals surface area (Å²) in [6, 6.07) is 19.1. The number of anilines is 1. The Balaban J connectivity index is 1.34. The molecule has 0 unspecified atom stereocenters. The second-order valence-corrected chi connectivity index (χ2v) is 7.78. The Morgan fingerprint density at radius 1 is 1.00 bits per heavy atom. The van der Waals surface area contributed by atoms with Gasteiger partial charge in [0.15, 0.2) is 0 Å². The van der Waals surface area contributed by atoms with Crippen molar-refractivity contribution >= 4 is 17.5 Å². The van der Waals surface area contributed by atoms with Crippen LogP contribution in [-0.2, 0) is 16.1 Å². The smallest absolute Gasteiger partial charge is 0.240 e. The lowest BCUT2D eigenvalue weighted by molar-refractivity contribution is -0.143. The molecule has 0 spiro atoms. The number of hydrogen-bond acceptors (Lipinski definition) is 4. The topological polar surface area (TPSA) is 76.4 Å². The van der Waals surface area contributed by atoms with Gasteiger partial charge in [0.25, 0.3) is 0 Å².